The number of fused-ring (bicyclic) bond motifs is 1. The minimum Gasteiger partial charge on any atom is -0.436 e. The molecule has 0 saturated carbocycles. The number of carbonyl (C=O) groups is 2. The molecule has 0 aliphatic carbocycles. The molecule has 0 atom stereocenters. The van der Waals surface area contributed by atoms with E-state index in [1.54, 1.807) is 12.3 Å². The molecule has 8 nitrogen and oxygen atoms in total. The van der Waals surface area contributed by atoms with Crippen LogP contribution in [-0.4, -0.2) is 81.8 Å². The molecule has 2 aromatic carbocycles. The summed E-state index contributed by atoms with van der Waals surface area (Å²) >= 11 is 1.38. The molecular formula is C25H23N5O3S. The molecule has 2 saturated heterocycles. The van der Waals surface area contributed by atoms with Crippen molar-refractivity contribution >= 4 is 34.3 Å². The average molecular weight is 474 g/mol. The highest BCUT2D eigenvalue weighted by Gasteiger charge is 2.37. The van der Waals surface area contributed by atoms with E-state index in [1.807, 2.05) is 57.6 Å². The molecule has 0 bridgehead atoms. The van der Waals surface area contributed by atoms with Gasteiger partial charge in [0.25, 0.3) is 11.8 Å². The minimum absolute atomic E-state index is 0.00777. The van der Waals surface area contributed by atoms with E-state index in [2.05, 4.69) is 14.9 Å². The minimum atomic E-state index is 0.00777. The molecule has 0 radical (unpaired) electrons. The maximum Gasteiger partial charge on any atom is 0.282 e. The van der Waals surface area contributed by atoms with E-state index in [4.69, 9.17) is 4.42 Å². The third-order valence-corrected chi connectivity index (χ3v) is 7.30. The van der Waals surface area contributed by atoms with Gasteiger partial charge in [-0.1, -0.05) is 18.2 Å². The van der Waals surface area contributed by atoms with Gasteiger partial charge in [0, 0.05) is 68.0 Å². The maximum atomic E-state index is 13.0. The Kier molecular flexibility index (Phi) is 5.35. The van der Waals surface area contributed by atoms with E-state index in [0.29, 0.717) is 54.3 Å². The van der Waals surface area contributed by atoms with Gasteiger partial charge in [0.1, 0.15) is 5.52 Å². The molecule has 2 fully saturated rings. The molecule has 2 aliphatic heterocycles. The summed E-state index contributed by atoms with van der Waals surface area (Å²) in [4.78, 5) is 40.3. The second-order valence-corrected chi connectivity index (χ2v) is 9.49. The van der Waals surface area contributed by atoms with Gasteiger partial charge in [-0.2, -0.15) is 0 Å². The standard InChI is InChI=1S/C25H23N5O3S/c31-24(18-6-7-20-21(14-18)33-22(27-20)17-4-2-1-3-5-17)30-15-19(16-30)28-9-11-29(12-10-28)25(32)23-26-8-13-34-23/h1-8,13-14,19H,9-12,15-16H2. The molecule has 34 heavy (non-hydrogen) atoms. The predicted octanol–water partition coefficient (Wildman–Crippen LogP) is 3.23. The lowest BCUT2D eigenvalue weighted by atomic mass is 10.0. The first-order valence-corrected chi connectivity index (χ1v) is 12.2. The lowest BCUT2D eigenvalue weighted by Crippen LogP contribution is -2.64. The Hall–Kier alpha value is -3.56. The Morgan fingerprint density at radius 3 is 2.47 bits per heavy atom. The van der Waals surface area contributed by atoms with Gasteiger partial charge >= 0.3 is 0 Å². The van der Waals surface area contributed by atoms with Crippen molar-refractivity contribution in [1.82, 2.24) is 24.7 Å². The van der Waals surface area contributed by atoms with Crippen LogP contribution in [0.25, 0.3) is 22.6 Å². The van der Waals surface area contributed by atoms with Gasteiger partial charge in [-0.25, -0.2) is 9.97 Å². The number of thiazole rings is 1. The van der Waals surface area contributed by atoms with Crippen LogP contribution in [0.5, 0.6) is 0 Å². The number of rotatable bonds is 4. The first-order valence-electron chi connectivity index (χ1n) is 11.3. The van der Waals surface area contributed by atoms with Crippen LogP contribution in [0.15, 0.2) is 64.5 Å². The molecule has 2 aliphatic rings. The van der Waals surface area contributed by atoms with Crippen LogP contribution in [0.1, 0.15) is 20.2 Å². The molecule has 2 amide bonds. The summed E-state index contributed by atoms with van der Waals surface area (Å²) in [7, 11) is 0. The normalized spacial score (nSPS) is 17.2. The average Bonchev–Trinajstić information content (AvgIpc) is 3.53. The van der Waals surface area contributed by atoms with Crippen LogP contribution in [0, 0.1) is 0 Å². The lowest BCUT2D eigenvalue weighted by Gasteiger charge is -2.48. The van der Waals surface area contributed by atoms with Crippen molar-refractivity contribution in [3.05, 3.63) is 70.7 Å². The number of piperazine rings is 1. The molecule has 0 spiro atoms. The highest BCUT2D eigenvalue weighted by Crippen LogP contribution is 2.26. The number of benzene rings is 2. The van der Waals surface area contributed by atoms with Gasteiger partial charge in [0.15, 0.2) is 10.6 Å². The van der Waals surface area contributed by atoms with Gasteiger partial charge in [-0.05, 0) is 30.3 Å². The van der Waals surface area contributed by atoms with Crippen molar-refractivity contribution in [3.63, 3.8) is 0 Å². The van der Waals surface area contributed by atoms with E-state index in [-0.39, 0.29) is 11.8 Å². The molecule has 4 aromatic rings. The summed E-state index contributed by atoms with van der Waals surface area (Å²) < 4.78 is 5.92. The molecule has 0 unspecified atom stereocenters. The third-order valence-electron chi connectivity index (χ3n) is 6.54. The summed E-state index contributed by atoms with van der Waals surface area (Å²) in [5, 5.41) is 2.37. The van der Waals surface area contributed by atoms with Gasteiger partial charge in [-0.15, -0.1) is 11.3 Å². The van der Waals surface area contributed by atoms with Crippen molar-refractivity contribution < 1.29 is 14.0 Å². The molecule has 9 heteroatoms. The predicted molar refractivity (Wildman–Crippen MR) is 129 cm³/mol. The maximum absolute atomic E-state index is 13.0. The molecule has 172 valence electrons. The first kappa shape index (κ1) is 21.0. The summed E-state index contributed by atoms with van der Waals surface area (Å²) in [6.45, 7) is 4.40. The number of aromatic nitrogens is 2. The lowest BCUT2D eigenvalue weighted by molar-refractivity contribution is 0.00853. The highest BCUT2D eigenvalue weighted by atomic mass is 32.1. The van der Waals surface area contributed by atoms with E-state index in [1.165, 1.54) is 11.3 Å². The first-order chi connectivity index (χ1) is 16.7. The van der Waals surface area contributed by atoms with Crippen LogP contribution < -0.4 is 0 Å². The number of oxazole rings is 1. The Bertz CT molecular complexity index is 1320. The molecule has 0 N–H and O–H groups in total. The fourth-order valence-electron chi connectivity index (χ4n) is 4.55. The van der Waals surface area contributed by atoms with E-state index >= 15 is 0 Å². The Morgan fingerprint density at radius 2 is 1.74 bits per heavy atom. The highest BCUT2D eigenvalue weighted by molar-refractivity contribution is 7.11. The fourth-order valence-corrected chi connectivity index (χ4v) is 5.15. The number of hydrogen-bond acceptors (Lipinski definition) is 7. The number of nitrogens with zero attached hydrogens (tertiary/aromatic N) is 5. The topological polar surface area (TPSA) is 82.8 Å². The quantitative estimate of drug-likeness (QED) is 0.453. The Balaban J connectivity index is 1.06. The van der Waals surface area contributed by atoms with Crippen molar-refractivity contribution in [2.75, 3.05) is 39.3 Å². The number of hydrogen-bond donors (Lipinski definition) is 0. The van der Waals surface area contributed by atoms with Gasteiger partial charge < -0.3 is 14.2 Å². The zero-order chi connectivity index (χ0) is 23.1. The Labute approximate surface area is 200 Å². The Morgan fingerprint density at radius 1 is 0.941 bits per heavy atom. The molecular weight excluding hydrogens is 450 g/mol. The van der Waals surface area contributed by atoms with Crippen LogP contribution in [-0.2, 0) is 0 Å². The van der Waals surface area contributed by atoms with Gasteiger partial charge in [0.05, 0.1) is 0 Å². The number of likely N-dealkylation sites (tertiary alicyclic amines) is 1. The summed E-state index contributed by atoms with van der Waals surface area (Å²) in [5.41, 5.74) is 2.87. The largest absolute Gasteiger partial charge is 0.436 e. The van der Waals surface area contributed by atoms with E-state index < -0.39 is 0 Å². The fraction of sp³-hybridized carbons (Fsp3) is 0.280. The number of amides is 2. The van der Waals surface area contributed by atoms with Crippen LogP contribution in [0.2, 0.25) is 0 Å². The second-order valence-electron chi connectivity index (χ2n) is 8.60. The zero-order valence-corrected chi connectivity index (χ0v) is 19.3. The van der Waals surface area contributed by atoms with Crippen molar-refractivity contribution in [1.29, 1.82) is 0 Å². The smallest absolute Gasteiger partial charge is 0.282 e. The molecule has 4 heterocycles. The monoisotopic (exact) mass is 473 g/mol. The summed E-state index contributed by atoms with van der Waals surface area (Å²) in [6, 6.07) is 15.5. The van der Waals surface area contributed by atoms with Crippen molar-refractivity contribution in [2.45, 2.75) is 6.04 Å². The van der Waals surface area contributed by atoms with Crippen LogP contribution in [0.4, 0.5) is 0 Å². The van der Waals surface area contributed by atoms with E-state index in [9.17, 15) is 9.59 Å². The van der Waals surface area contributed by atoms with Crippen LogP contribution >= 0.6 is 11.3 Å². The summed E-state index contributed by atoms with van der Waals surface area (Å²) in [6.07, 6.45) is 1.66. The molecule has 2 aromatic heterocycles. The van der Waals surface area contributed by atoms with Crippen molar-refractivity contribution in [3.8, 4) is 11.5 Å². The van der Waals surface area contributed by atoms with Crippen LogP contribution in [0.3, 0.4) is 0 Å². The van der Waals surface area contributed by atoms with Gasteiger partial charge in [-0.3, -0.25) is 14.5 Å². The second kappa shape index (κ2) is 8.66. The zero-order valence-electron chi connectivity index (χ0n) is 18.5. The number of carbonyl (C=O) groups excluding carboxylic acids is 2. The van der Waals surface area contributed by atoms with Crippen molar-refractivity contribution in [2.24, 2.45) is 0 Å². The van der Waals surface area contributed by atoms with Gasteiger partial charge in [0.2, 0.25) is 5.89 Å². The SMILES string of the molecule is O=C(c1ccc2nc(-c3ccccc3)oc2c1)N1CC(N2CCN(C(=O)c3nccs3)CC2)C1. The molecule has 6 rings (SSSR count). The summed E-state index contributed by atoms with van der Waals surface area (Å²) in [5.74, 6) is 0.573. The third kappa shape index (κ3) is 3.86. The van der Waals surface area contributed by atoms with E-state index in [0.717, 1.165) is 24.2 Å².